The van der Waals surface area contributed by atoms with Crippen LogP contribution in [0.5, 0.6) is 5.75 Å². The van der Waals surface area contributed by atoms with Crippen LogP contribution in [0.2, 0.25) is 0 Å². The van der Waals surface area contributed by atoms with Crippen LogP contribution in [0.25, 0.3) is 0 Å². The minimum Gasteiger partial charge on any atom is -0.484 e. The first kappa shape index (κ1) is 18.7. The van der Waals surface area contributed by atoms with Crippen molar-refractivity contribution in [2.75, 3.05) is 29.9 Å². The zero-order chi connectivity index (χ0) is 19.2. The lowest BCUT2D eigenvalue weighted by atomic mass is 10.1. The van der Waals surface area contributed by atoms with Gasteiger partial charge in [0.25, 0.3) is 11.6 Å². The van der Waals surface area contributed by atoms with Crippen molar-refractivity contribution in [3.63, 3.8) is 0 Å². The van der Waals surface area contributed by atoms with Crippen LogP contribution in [-0.2, 0) is 4.79 Å². The zero-order valence-electron chi connectivity index (χ0n) is 15.3. The lowest BCUT2D eigenvalue weighted by Gasteiger charge is -2.28. The van der Waals surface area contributed by atoms with Gasteiger partial charge in [-0.25, -0.2) is 0 Å². The number of anilines is 2. The van der Waals surface area contributed by atoms with Gasteiger partial charge in [0.2, 0.25) is 0 Å². The van der Waals surface area contributed by atoms with E-state index >= 15 is 0 Å². The minimum atomic E-state index is -0.445. The SMILES string of the molecule is Cc1cc(OCC(=O)Nc2ccc(N3CCCCC3)cc2)ccc1[N+](=O)[O-]. The number of hydrogen-bond acceptors (Lipinski definition) is 5. The molecule has 1 saturated heterocycles. The number of aryl methyl sites for hydroxylation is 1. The molecule has 1 aliphatic heterocycles. The van der Waals surface area contributed by atoms with Crippen molar-refractivity contribution in [2.24, 2.45) is 0 Å². The van der Waals surface area contributed by atoms with Crippen LogP contribution < -0.4 is 15.0 Å². The van der Waals surface area contributed by atoms with E-state index < -0.39 is 4.92 Å². The van der Waals surface area contributed by atoms with Crippen molar-refractivity contribution < 1.29 is 14.5 Å². The fourth-order valence-corrected chi connectivity index (χ4v) is 3.18. The summed E-state index contributed by atoms with van der Waals surface area (Å²) in [7, 11) is 0. The molecule has 0 bridgehead atoms. The van der Waals surface area contributed by atoms with Gasteiger partial charge in [-0.1, -0.05) is 0 Å². The maximum absolute atomic E-state index is 12.1. The first-order valence-corrected chi connectivity index (χ1v) is 9.05. The number of amides is 1. The molecule has 3 rings (SSSR count). The molecular weight excluding hydrogens is 346 g/mol. The Morgan fingerprint density at radius 1 is 1.15 bits per heavy atom. The van der Waals surface area contributed by atoms with Crippen molar-refractivity contribution >= 4 is 23.0 Å². The van der Waals surface area contributed by atoms with Crippen LogP contribution >= 0.6 is 0 Å². The van der Waals surface area contributed by atoms with Gasteiger partial charge < -0.3 is 15.0 Å². The summed E-state index contributed by atoms with van der Waals surface area (Å²) in [6.07, 6.45) is 3.73. The average molecular weight is 369 g/mol. The first-order valence-electron chi connectivity index (χ1n) is 9.05. The number of hydrogen-bond donors (Lipinski definition) is 1. The second kappa shape index (κ2) is 8.53. The van der Waals surface area contributed by atoms with Crippen LogP contribution in [0.4, 0.5) is 17.1 Å². The second-order valence-electron chi connectivity index (χ2n) is 6.64. The number of nitro benzene ring substituents is 1. The summed E-state index contributed by atoms with van der Waals surface area (Å²) in [5.74, 6) is 0.144. The Hall–Kier alpha value is -3.09. The molecule has 0 aromatic heterocycles. The van der Waals surface area contributed by atoms with Crippen molar-refractivity contribution in [3.8, 4) is 5.75 Å². The number of nitrogens with zero attached hydrogens (tertiary/aromatic N) is 2. The Bertz CT molecular complexity index is 814. The number of nitro groups is 1. The molecule has 0 radical (unpaired) electrons. The maximum atomic E-state index is 12.1. The largest absolute Gasteiger partial charge is 0.484 e. The van der Waals surface area contributed by atoms with E-state index in [0.717, 1.165) is 13.1 Å². The predicted molar refractivity (Wildman–Crippen MR) is 104 cm³/mol. The number of carbonyl (C=O) groups excluding carboxylic acids is 1. The Balaban J connectivity index is 1.51. The van der Waals surface area contributed by atoms with Gasteiger partial charge in [-0.3, -0.25) is 14.9 Å². The maximum Gasteiger partial charge on any atom is 0.272 e. The van der Waals surface area contributed by atoms with Gasteiger partial charge in [0, 0.05) is 36.1 Å². The van der Waals surface area contributed by atoms with Gasteiger partial charge in [-0.2, -0.15) is 0 Å². The van der Waals surface area contributed by atoms with E-state index in [1.165, 1.54) is 37.1 Å². The summed E-state index contributed by atoms with van der Waals surface area (Å²) in [4.78, 5) is 24.8. The van der Waals surface area contributed by atoms with Crippen molar-refractivity contribution in [3.05, 3.63) is 58.1 Å². The molecule has 142 valence electrons. The predicted octanol–water partition coefficient (Wildman–Crippen LogP) is 3.91. The van der Waals surface area contributed by atoms with Gasteiger partial charge in [0.05, 0.1) is 4.92 Å². The Morgan fingerprint density at radius 3 is 2.48 bits per heavy atom. The Kier molecular flexibility index (Phi) is 5.90. The Morgan fingerprint density at radius 2 is 1.85 bits per heavy atom. The normalized spacial score (nSPS) is 13.9. The molecule has 1 aliphatic rings. The number of benzene rings is 2. The number of nitrogens with one attached hydrogen (secondary N) is 1. The molecule has 0 spiro atoms. The van der Waals surface area contributed by atoms with Gasteiger partial charge >= 0.3 is 0 Å². The molecule has 0 atom stereocenters. The third-order valence-electron chi connectivity index (χ3n) is 4.61. The van der Waals surface area contributed by atoms with E-state index in [0.29, 0.717) is 17.0 Å². The number of carbonyl (C=O) groups is 1. The molecule has 1 fully saturated rings. The third kappa shape index (κ3) is 4.97. The molecule has 1 heterocycles. The van der Waals surface area contributed by atoms with E-state index in [-0.39, 0.29) is 18.2 Å². The summed E-state index contributed by atoms with van der Waals surface area (Å²) < 4.78 is 5.43. The van der Waals surface area contributed by atoms with Crippen LogP contribution in [0.3, 0.4) is 0 Å². The van der Waals surface area contributed by atoms with Crippen LogP contribution in [-0.4, -0.2) is 30.5 Å². The lowest BCUT2D eigenvalue weighted by molar-refractivity contribution is -0.385. The average Bonchev–Trinajstić information content (AvgIpc) is 2.67. The van der Waals surface area contributed by atoms with Gasteiger partial charge in [-0.05, 0) is 62.6 Å². The molecule has 7 heteroatoms. The summed E-state index contributed by atoms with van der Waals surface area (Å²) >= 11 is 0. The van der Waals surface area contributed by atoms with E-state index in [4.69, 9.17) is 4.74 Å². The fourth-order valence-electron chi connectivity index (χ4n) is 3.18. The molecule has 1 N–H and O–H groups in total. The van der Waals surface area contributed by atoms with Gasteiger partial charge in [0.1, 0.15) is 5.75 Å². The Labute approximate surface area is 158 Å². The monoisotopic (exact) mass is 369 g/mol. The highest BCUT2D eigenvalue weighted by atomic mass is 16.6. The molecule has 0 saturated carbocycles. The van der Waals surface area contributed by atoms with E-state index in [9.17, 15) is 14.9 Å². The van der Waals surface area contributed by atoms with E-state index in [1.807, 2.05) is 24.3 Å². The second-order valence-corrected chi connectivity index (χ2v) is 6.64. The van der Waals surface area contributed by atoms with Crippen LogP contribution in [0, 0.1) is 17.0 Å². The van der Waals surface area contributed by atoms with E-state index in [2.05, 4.69) is 10.2 Å². The molecule has 2 aromatic carbocycles. The molecule has 0 unspecified atom stereocenters. The highest BCUT2D eigenvalue weighted by molar-refractivity contribution is 5.92. The summed E-state index contributed by atoms with van der Waals surface area (Å²) in [5, 5.41) is 13.6. The molecule has 27 heavy (non-hydrogen) atoms. The third-order valence-corrected chi connectivity index (χ3v) is 4.61. The summed E-state index contributed by atoms with van der Waals surface area (Å²) in [6.45, 7) is 3.63. The molecule has 0 aliphatic carbocycles. The minimum absolute atomic E-state index is 0.0283. The topological polar surface area (TPSA) is 84.7 Å². The zero-order valence-corrected chi connectivity index (χ0v) is 15.3. The van der Waals surface area contributed by atoms with Crippen molar-refractivity contribution in [2.45, 2.75) is 26.2 Å². The van der Waals surface area contributed by atoms with Crippen LogP contribution in [0.1, 0.15) is 24.8 Å². The number of piperidine rings is 1. The summed E-state index contributed by atoms with van der Waals surface area (Å²) in [6, 6.07) is 12.2. The number of ether oxygens (including phenoxy) is 1. The highest BCUT2D eigenvalue weighted by Crippen LogP contribution is 2.24. The molecule has 2 aromatic rings. The summed E-state index contributed by atoms with van der Waals surface area (Å²) in [5.41, 5.74) is 2.40. The van der Waals surface area contributed by atoms with Crippen LogP contribution in [0.15, 0.2) is 42.5 Å². The smallest absolute Gasteiger partial charge is 0.272 e. The van der Waals surface area contributed by atoms with Gasteiger partial charge in [0.15, 0.2) is 6.61 Å². The van der Waals surface area contributed by atoms with Crippen molar-refractivity contribution in [1.82, 2.24) is 0 Å². The molecular formula is C20H23N3O4. The quantitative estimate of drug-likeness (QED) is 0.616. The fraction of sp³-hybridized carbons (Fsp3) is 0.350. The van der Waals surface area contributed by atoms with Gasteiger partial charge in [-0.15, -0.1) is 0 Å². The molecule has 7 nitrogen and oxygen atoms in total. The van der Waals surface area contributed by atoms with E-state index in [1.54, 1.807) is 13.0 Å². The van der Waals surface area contributed by atoms with Crippen molar-refractivity contribution in [1.29, 1.82) is 0 Å². The first-order chi connectivity index (χ1) is 13.0. The lowest BCUT2D eigenvalue weighted by Crippen LogP contribution is -2.29. The highest BCUT2D eigenvalue weighted by Gasteiger charge is 2.13. The molecule has 1 amide bonds. The number of rotatable bonds is 6. The standard InChI is InChI=1S/C20H23N3O4/c1-15-13-18(9-10-19(15)23(25)26)27-14-20(24)21-16-5-7-17(8-6-16)22-11-3-2-4-12-22/h5-10,13H,2-4,11-12,14H2,1H3,(H,21,24).